The Hall–Kier alpha value is -1.10. The third-order valence-electron chi connectivity index (χ3n) is 4.95. The smallest absolute Gasteiger partial charge is 0.227 e. The predicted octanol–water partition coefficient (Wildman–Crippen LogP) is 2.43. The summed E-state index contributed by atoms with van der Waals surface area (Å²) in [6.07, 6.45) is 4.40. The Morgan fingerprint density at radius 2 is 2.00 bits per heavy atom. The lowest BCUT2D eigenvalue weighted by atomic mass is 10.1. The lowest BCUT2D eigenvalue weighted by Crippen LogP contribution is -2.42. The molecule has 1 saturated heterocycles. The van der Waals surface area contributed by atoms with Crippen LogP contribution in [0.1, 0.15) is 34.1 Å². The Balaban J connectivity index is 2.18. The second-order valence-electron chi connectivity index (χ2n) is 7.40. The number of amides is 1. The molecule has 1 heterocycles. The van der Waals surface area contributed by atoms with Crippen molar-refractivity contribution >= 4 is 15.7 Å². The molecule has 0 unspecified atom stereocenters. The standard InChI is InChI=1S/C17H27NO3S/c1-6-8-18(13-7-9-22(20,21)11-13)16(19)15-14(10-12(2)3)17(15,4)5/h6,10,13-15H,1,7-9,11H2,2-5H3/t13-,14-,15-/m0/s1. The number of sulfone groups is 1. The average molecular weight is 325 g/mol. The molecule has 3 atom stereocenters. The average Bonchev–Trinajstić information content (AvgIpc) is 2.73. The summed E-state index contributed by atoms with van der Waals surface area (Å²) in [6, 6.07) is -0.195. The zero-order valence-electron chi connectivity index (χ0n) is 14.0. The maximum Gasteiger partial charge on any atom is 0.227 e. The lowest BCUT2D eigenvalue weighted by Gasteiger charge is -2.27. The summed E-state index contributed by atoms with van der Waals surface area (Å²) in [6.45, 7) is 12.4. The van der Waals surface area contributed by atoms with Crippen molar-refractivity contribution in [2.45, 2.75) is 40.2 Å². The van der Waals surface area contributed by atoms with E-state index in [0.29, 0.717) is 13.0 Å². The first-order chi connectivity index (χ1) is 10.1. The van der Waals surface area contributed by atoms with Crippen LogP contribution in [0.2, 0.25) is 0 Å². The highest BCUT2D eigenvalue weighted by Crippen LogP contribution is 2.60. The van der Waals surface area contributed by atoms with E-state index in [4.69, 9.17) is 0 Å². The van der Waals surface area contributed by atoms with Gasteiger partial charge in [-0.15, -0.1) is 6.58 Å². The van der Waals surface area contributed by atoms with Crippen LogP contribution >= 0.6 is 0 Å². The minimum absolute atomic E-state index is 0.0503. The molecule has 5 heteroatoms. The van der Waals surface area contributed by atoms with Crippen molar-refractivity contribution in [3.8, 4) is 0 Å². The highest BCUT2D eigenvalue weighted by Gasteiger charge is 2.61. The minimum Gasteiger partial charge on any atom is -0.335 e. The van der Waals surface area contributed by atoms with Gasteiger partial charge in [0.05, 0.1) is 17.4 Å². The van der Waals surface area contributed by atoms with E-state index in [2.05, 4.69) is 26.5 Å². The normalized spacial score (nSPS) is 31.4. The van der Waals surface area contributed by atoms with Crippen molar-refractivity contribution in [1.82, 2.24) is 4.90 Å². The molecule has 2 fully saturated rings. The second-order valence-corrected chi connectivity index (χ2v) is 9.63. The Morgan fingerprint density at radius 1 is 1.36 bits per heavy atom. The molecule has 0 radical (unpaired) electrons. The minimum atomic E-state index is -3.00. The van der Waals surface area contributed by atoms with E-state index in [1.807, 2.05) is 13.8 Å². The van der Waals surface area contributed by atoms with Crippen LogP contribution < -0.4 is 0 Å². The van der Waals surface area contributed by atoms with E-state index >= 15 is 0 Å². The third-order valence-corrected chi connectivity index (χ3v) is 6.70. The first-order valence-corrected chi connectivity index (χ1v) is 9.69. The van der Waals surface area contributed by atoms with Crippen molar-refractivity contribution in [2.75, 3.05) is 18.1 Å². The topological polar surface area (TPSA) is 54.5 Å². The van der Waals surface area contributed by atoms with Crippen LogP contribution in [0.4, 0.5) is 0 Å². The second kappa shape index (κ2) is 5.84. The van der Waals surface area contributed by atoms with Gasteiger partial charge in [-0.2, -0.15) is 0 Å². The monoisotopic (exact) mass is 325 g/mol. The van der Waals surface area contributed by atoms with Crippen LogP contribution in [-0.2, 0) is 14.6 Å². The summed E-state index contributed by atoms with van der Waals surface area (Å²) in [5.74, 6) is 0.548. The van der Waals surface area contributed by atoms with Crippen LogP contribution in [0.3, 0.4) is 0 Å². The molecule has 0 N–H and O–H groups in total. The van der Waals surface area contributed by atoms with Crippen molar-refractivity contribution in [2.24, 2.45) is 17.3 Å². The maximum atomic E-state index is 13.0. The molecule has 2 rings (SSSR count). The Morgan fingerprint density at radius 3 is 2.45 bits per heavy atom. The molecule has 0 aromatic rings. The fraction of sp³-hybridized carbons (Fsp3) is 0.706. The molecule has 0 aromatic heterocycles. The lowest BCUT2D eigenvalue weighted by molar-refractivity contribution is -0.134. The maximum absolute atomic E-state index is 13.0. The Bertz CT molecular complexity index is 599. The van der Waals surface area contributed by atoms with E-state index in [0.717, 1.165) is 0 Å². The van der Waals surface area contributed by atoms with Crippen LogP contribution in [-0.4, -0.2) is 43.3 Å². The zero-order chi connectivity index (χ0) is 16.7. The van der Waals surface area contributed by atoms with Crippen molar-refractivity contribution in [1.29, 1.82) is 0 Å². The summed E-state index contributed by atoms with van der Waals surface area (Å²) in [5, 5.41) is 0. The van der Waals surface area contributed by atoms with Crippen LogP contribution in [0, 0.1) is 17.3 Å². The van der Waals surface area contributed by atoms with Gasteiger partial charge in [0.15, 0.2) is 9.84 Å². The molecule has 1 saturated carbocycles. The summed E-state index contributed by atoms with van der Waals surface area (Å²) < 4.78 is 23.4. The summed E-state index contributed by atoms with van der Waals surface area (Å²) in [5.41, 5.74) is 1.16. The van der Waals surface area contributed by atoms with Crippen LogP contribution in [0.5, 0.6) is 0 Å². The third kappa shape index (κ3) is 3.29. The molecular formula is C17H27NO3S. The van der Waals surface area contributed by atoms with E-state index in [9.17, 15) is 13.2 Å². The Labute approximate surface area is 134 Å². The summed E-state index contributed by atoms with van der Waals surface area (Å²) in [7, 11) is -3.00. The number of nitrogens with zero attached hydrogens (tertiary/aromatic N) is 1. The van der Waals surface area contributed by atoms with Crippen molar-refractivity contribution in [3.05, 3.63) is 24.3 Å². The molecule has 0 bridgehead atoms. The molecule has 22 heavy (non-hydrogen) atoms. The zero-order valence-corrected chi connectivity index (χ0v) is 14.8. The van der Waals surface area contributed by atoms with Gasteiger partial charge < -0.3 is 4.90 Å². The molecular weight excluding hydrogens is 298 g/mol. The number of hydrogen-bond acceptors (Lipinski definition) is 3. The van der Waals surface area contributed by atoms with E-state index in [-0.39, 0.29) is 40.7 Å². The van der Waals surface area contributed by atoms with Crippen LogP contribution in [0.15, 0.2) is 24.3 Å². The van der Waals surface area contributed by atoms with Gasteiger partial charge in [0.25, 0.3) is 0 Å². The molecule has 1 amide bonds. The predicted molar refractivity (Wildman–Crippen MR) is 89.2 cm³/mol. The van der Waals surface area contributed by atoms with E-state index in [1.54, 1.807) is 11.0 Å². The van der Waals surface area contributed by atoms with Gasteiger partial charge in [0.1, 0.15) is 0 Å². The molecule has 124 valence electrons. The van der Waals surface area contributed by atoms with Gasteiger partial charge in [0, 0.05) is 12.6 Å². The van der Waals surface area contributed by atoms with Crippen LogP contribution in [0.25, 0.3) is 0 Å². The molecule has 4 nitrogen and oxygen atoms in total. The fourth-order valence-electron chi connectivity index (χ4n) is 3.58. The van der Waals surface area contributed by atoms with Gasteiger partial charge in [-0.3, -0.25) is 4.79 Å². The fourth-order valence-corrected chi connectivity index (χ4v) is 5.31. The summed E-state index contributed by atoms with van der Waals surface area (Å²) >= 11 is 0. The van der Waals surface area contributed by atoms with Gasteiger partial charge >= 0.3 is 0 Å². The van der Waals surface area contributed by atoms with Crippen molar-refractivity contribution in [3.63, 3.8) is 0 Å². The Kier molecular flexibility index (Phi) is 4.58. The van der Waals surface area contributed by atoms with Gasteiger partial charge in [-0.05, 0) is 31.6 Å². The SMILES string of the molecule is C=CCN(C(=O)[C@@H]1[C@H](C=C(C)C)C1(C)C)[C@H]1CCS(=O)(=O)C1. The first-order valence-electron chi connectivity index (χ1n) is 7.87. The highest BCUT2D eigenvalue weighted by atomic mass is 32.2. The molecule has 2 aliphatic rings. The first kappa shape index (κ1) is 17.3. The number of allylic oxidation sites excluding steroid dienone is 2. The number of carbonyl (C=O) groups is 1. The van der Waals surface area contributed by atoms with Gasteiger partial charge in [-0.25, -0.2) is 8.42 Å². The number of hydrogen-bond donors (Lipinski definition) is 0. The highest BCUT2D eigenvalue weighted by molar-refractivity contribution is 7.91. The number of rotatable bonds is 5. The molecule has 0 spiro atoms. The largest absolute Gasteiger partial charge is 0.335 e. The van der Waals surface area contributed by atoms with E-state index < -0.39 is 9.84 Å². The quantitative estimate of drug-likeness (QED) is 0.730. The number of carbonyl (C=O) groups excluding carboxylic acids is 1. The van der Waals surface area contributed by atoms with Gasteiger partial charge in [-0.1, -0.05) is 31.6 Å². The van der Waals surface area contributed by atoms with E-state index in [1.165, 1.54) is 5.57 Å². The summed E-state index contributed by atoms with van der Waals surface area (Å²) in [4.78, 5) is 14.7. The van der Waals surface area contributed by atoms with Crippen molar-refractivity contribution < 1.29 is 13.2 Å². The molecule has 1 aliphatic heterocycles. The molecule has 0 aromatic carbocycles. The van der Waals surface area contributed by atoms with Gasteiger partial charge in [0.2, 0.25) is 5.91 Å². The molecule has 1 aliphatic carbocycles.